The maximum absolute atomic E-state index is 12.2. The maximum Gasteiger partial charge on any atom is 0.307 e. The summed E-state index contributed by atoms with van der Waals surface area (Å²) < 4.78 is 0. The highest BCUT2D eigenvalue weighted by Gasteiger charge is 2.41. The fourth-order valence-electron chi connectivity index (χ4n) is 3.43. The molecule has 2 fully saturated rings. The summed E-state index contributed by atoms with van der Waals surface area (Å²) in [5, 5.41) is 12.2. The van der Waals surface area contributed by atoms with Crippen LogP contribution >= 0.6 is 0 Å². The van der Waals surface area contributed by atoms with Crippen LogP contribution in [0.4, 0.5) is 0 Å². The van der Waals surface area contributed by atoms with Gasteiger partial charge >= 0.3 is 5.97 Å². The van der Waals surface area contributed by atoms with Gasteiger partial charge < -0.3 is 16.2 Å². The molecule has 0 aromatic heterocycles. The van der Waals surface area contributed by atoms with Crippen molar-refractivity contribution < 1.29 is 14.7 Å². The highest BCUT2D eigenvalue weighted by atomic mass is 16.4. The molecule has 0 aromatic rings. The smallest absolute Gasteiger partial charge is 0.307 e. The van der Waals surface area contributed by atoms with Crippen LogP contribution in [0.25, 0.3) is 0 Å². The van der Waals surface area contributed by atoms with E-state index >= 15 is 0 Å². The zero-order valence-electron chi connectivity index (χ0n) is 11.5. The van der Waals surface area contributed by atoms with E-state index in [0.717, 1.165) is 25.7 Å². The average molecular weight is 268 g/mol. The number of rotatable bonds is 3. The third kappa shape index (κ3) is 3.47. The second-order valence-corrected chi connectivity index (χ2v) is 6.25. The monoisotopic (exact) mass is 268 g/mol. The molecule has 5 heteroatoms. The zero-order valence-corrected chi connectivity index (χ0v) is 11.5. The van der Waals surface area contributed by atoms with Gasteiger partial charge in [-0.15, -0.1) is 0 Å². The van der Waals surface area contributed by atoms with E-state index < -0.39 is 11.9 Å². The lowest BCUT2D eigenvalue weighted by molar-refractivity contribution is -0.146. The van der Waals surface area contributed by atoms with Crippen molar-refractivity contribution in [1.29, 1.82) is 0 Å². The first-order chi connectivity index (χ1) is 8.97. The predicted octanol–water partition coefficient (Wildman–Crippen LogP) is 1.12. The van der Waals surface area contributed by atoms with Gasteiger partial charge in [-0.3, -0.25) is 9.59 Å². The molecule has 3 unspecified atom stereocenters. The highest BCUT2D eigenvalue weighted by molar-refractivity contribution is 5.85. The molecule has 5 nitrogen and oxygen atoms in total. The van der Waals surface area contributed by atoms with Gasteiger partial charge in [-0.2, -0.15) is 0 Å². The van der Waals surface area contributed by atoms with E-state index in [-0.39, 0.29) is 23.9 Å². The molecule has 0 bridgehead atoms. The molecule has 2 aliphatic carbocycles. The minimum atomic E-state index is -0.838. The first-order valence-corrected chi connectivity index (χ1v) is 7.26. The van der Waals surface area contributed by atoms with E-state index in [4.69, 9.17) is 5.73 Å². The Kier molecular flexibility index (Phi) is 4.45. The predicted molar refractivity (Wildman–Crippen MR) is 71.4 cm³/mol. The molecule has 1 amide bonds. The largest absolute Gasteiger partial charge is 0.481 e. The number of carbonyl (C=O) groups is 2. The van der Waals surface area contributed by atoms with E-state index in [2.05, 4.69) is 5.32 Å². The van der Waals surface area contributed by atoms with E-state index in [1.165, 1.54) is 0 Å². The molecule has 0 saturated heterocycles. The summed E-state index contributed by atoms with van der Waals surface area (Å²) in [6.45, 7) is 2.02. The minimum Gasteiger partial charge on any atom is -0.481 e. The molecule has 0 aromatic carbocycles. The van der Waals surface area contributed by atoms with E-state index in [1.54, 1.807) is 0 Å². The minimum absolute atomic E-state index is 0.0720. The summed E-state index contributed by atoms with van der Waals surface area (Å²) in [5.74, 6) is -1.46. The van der Waals surface area contributed by atoms with Gasteiger partial charge in [0.15, 0.2) is 0 Å². The number of carbonyl (C=O) groups excluding carboxylic acids is 1. The second-order valence-electron chi connectivity index (χ2n) is 6.25. The van der Waals surface area contributed by atoms with Crippen molar-refractivity contribution in [2.75, 3.05) is 0 Å². The lowest BCUT2D eigenvalue weighted by atomic mass is 9.90. The lowest BCUT2D eigenvalue weighted by Crippen LogP contribution is -2.44. The lowest BCUT2D eigenvalue weighted by Gasteiger charge is -2.28. The van der Waals surface area contributed by atoms with Crippen LogP contribution in [-0.4, -0.2) is 29.1 Å². The van der Waals surface area contributed by atoms with Crippen LogP contribution in [0, 0.1) is 17.8 Å². The van der Waals surface area contributed by atoms with Crippen LogP contribution in [-0.2, 0) is 9.59 Å². The summed E-state index contributed by atoms with van der Waals surface area (Å²) in [7, 11) is 0. The molecule has 3 atom stereocenters. The quantitative estimate of drug-likeness (QED) is 0.715. The number of carboxylic acids is 1. The molecule has 0 aliphatic heterocycles. The SMILES string of the molecule is CC1CC(C(=O)O)C(C(=O)NC2CCC(N)CC2)C1. The molecule has 4 N–H and O–H groups in total. The summed E-state index contributed by atoms with van der Waals surface area (Å²) in [6, 6.07) is 0.434. The fourth-order valence-corrected chi connectivity index (χ4v) is 3.43. The topological polar surface area (TPSA) is 92.4 Å². The molecular weight excluding hydrogens is 244 g/mol. The van der Waals surface area contributed by atoms with Crippen molar-refractivity contribution in [3.63, 3.8) is 0 Å². The third-order valence-corrected chi connectivity index (χ3v) is 4.57. The molecule has 0 spiro atoms. The Morgan fingerprint density at radius 1 is 1.11 bits per heavy atom. The molecule has 19 heavy (non-hydrogen) atoms. The van der Waals surface area contributed by atoms with Crippen molar-refractivity contribution in [1.82, 2.24) is 5.32 Å². The van der Waals surface area contributed by atoms with Gasteiger partial charge in [-0.25, -0.2) is 0 Å². The number of hydrogen-bond acceptors (Lipinski definition) is 3. The third-order valence-electron chi connectivity index (χ3n) is 4.57. The van der Waals surface area contributed by atoms with E-state index in [9.17, 15) is 14.7 Å². The van der Waals surface area contributed by atoms with Gasteiger partial charge in [0, 0.05) is 12.1 Å². The van der Waals surface area contributed by atoms with Crippen LogP contribution in [0.5, 0.6) is 0 Å². The Morgan fingerprint density at radius 3 is 2.26 bits per heavy atom. The van der Waals surface area contributed by atoms with Crippen LogP contribution < -0.4 is 11.1 Å². The summed E-state index contributed by atoms with van der Waals surface area (Å²) in [4.78, 5) is 23.5. The number of aliphatic carboxylic acids is 1. The number of amides is 1. The molecular formula is C14H24N2O3. The Hall–Kier alpha value is -1.10. The van der Waals surface area contributed by atoms with Gasteiger partial charge in [0.1, 0.15) is 0 Å². The Labute approximate surface area is 113 Å². The van der Waals surface area contributed by atoms with Crippen LogP contribution in [0.1, 0.15) is 45.4 Å². The molecule has 2 rings (SSSR count). The first kappa shape index (κ1) is 14.3. The van der Waals surface area contributed by atoms with E-state index in [1.807, 2.05) is 6.92 Å². The average Bonchev–Trinajstić information content (AvgIpc) is 2.74. The Balaban J connectivity index is 1.90. The van der Waals surface area contributed by atoms with Gasteiger partial charge in [-0.1, -0.05) is 6.92 Å². The molecule has 108 valence electrons. The normalized spacial score (nSPS) is 38.9. The number of nitrogens with two attached hydrogens (primary N) is 1. The summed E-state index contributed by atoms with van der Waals surface area (Å²) in [6.07, 6.45) is 5.00. The van der Waals surface area contributed by atoms with E-state index in [0.29, 0.717) is 18.8 Å². The molecule has 0 heterocycles. The summed E-state index contributed by atoms with van der Waals surface area (Å²) in [5.41, 5.74) is 5.84. The van der Waals surface area contributed by atoms with Crippen molar-refractivity contribution in [2.45, 2.75) is 57.5 Å². The van der Waals surface area contributed by atoms with Gasteiger partial charge in [-0.05, 0) is 44.4 Å². The molecule has 2 saturated carbocycles. The van der Waals surface area contributed by atoms with Crippen molar-refractivity contribution in [3.8, 4) is 0 Å². The number of carboxylic acid groups (broad SMARTS) is 1. The number of hydrogen-bond donors (Lipinski definition) is 3. The summed E-state index contributed by atoms with van der Waals surface area (Å²) >= 11 is 0. The standard InChI is InChI=1S/C14H24N2O3/c1-8-6-11(12(7-8)14(18)19)13(17)16-10-4-2-9(15)3-5-10/h8-12H,2-7,15H2,1H3,(H,16,17)(H,18,19). The number of nitrogens with one attached hydrogen (secondary N) is 1. The van der Waals surface area contributed by atoms with Gasteiger partial charge in [0.25, 0.3) is 0 Å². The fraction of sp³-hybridized carbons (Fsp3) is 0.857. The Bertz CT molecular complexity index is 351. The van der Waals surface area contributed by atoms with Crippen molar-refractivity contribution in [3.05, 3.63) is 0 Å². The second kappa shape index (κ2) is 5.90. The zero-order chi connectivity index (χ0) is 14.0. The van der Waals surface area contributed by atoms with Crippen LogP contribution in [0.2, 0.25) is 0 Å². The van der Waals surface area contributed by atoms with Crippen LogP contribution in [0.3, 0.4) is 0 Å². The van der Waals surface area contributed by atoms with Crippen molar-refractivity contribution in [2.24, 2.45) is 23.5 Å². The highest BCUT2D eigenvalue weighted by Crippen LogP contribution is 2.36. The molecule has 2 aliphatic rings. The molecule has 0 radical (unpaired) electrons. The Morgan fingerprint density at radius 2 is 1.68 bits per heavy atom. The van der Waals surface area contributed by atoms with Gasteiger partial charge in [0.05, 0.1) is 11.8 Å². The van der Waals surface area contributed by atoms with Crippen molar-refractivity contribution >= 4 is 11.9 Å². The maximum atomic E-state index is 12.2. The first-order valence-electron chi connectivity index (χ1n) is 7.26. The van der Waals surface area contributed by atoms with Gasteiger partial charge in [0.2, 0.25) is 5.91 Å². The van der Waals surface area contributed by atoms with Crippen LogP contribution in [0.15, 0.2) is 0 Å².